The zero-order valence-electron chi connectivity index (χ0n) is 14.3. The molecule has 2 heterocycles. The number of nitrogens with one attached hydrogen (secondary N) is 2. The van der Waals surface area contributed by atoms with E-state index in [1.807, 2.05) is 0 Å². The van der Waals surface area contributed by atoms with Gasteiger partial charge in [0.25, 0.3) is 0 Å². The van der Waals surface area contributed by atoms with Crippen LogP contribution in [0.1, 0.15) is 12.8 Å². The summed E-state index contributed by atoms with van der Waals surface area (Å²) in [5, 5.41) is 5.46. The second-order valence-electron chi connectivity index (χ2n) is 5.60. The molecule has 132 valence electrons. The number of hydrogen-bond acceptors (Lipinski definition) is 6. The summed E-state index contributed by atoms with van der Waals surface area (Å²) in [7, 11) is 3.10. The van der Waals surface area contributed by atoms with Gasteiger partial charge in [-0.1, -0.05) is 0 Å². The van der Waals surface area contributed by atoms with Crippen LogP contribution in [0.3, 0.4) is 0 Å². The van der Waals surface area contributed by atoms with Crippen LogP contribution in [0.25, 0.3) is 0 Å². The molecule has 1 aromatic heterocycles. The normalized spacial score (nSPS) is 13.4. The van der Waals surface area contributed by atoms with Crippen LogP contribution in [0.2, 0.25) is 0 Å². The van der Waals surface area contributed by atoms with E-state index in [-0.39, 0.29) is 0 Å². The summed E-state index contributed by atoms with van der Waals surface area (Å²) < 4.78 is 10.4. The number of amides is 2. The molecular weight excluding hydrogens is 322 g/mol. The van der Waals surface area contributed by atoms with Gasteiger partial charge in [0, 0.05) is 25.2 Å². The van der Waals surface area contributed by atoms with Crippen LogP contribution >= 0.6 is 0 Å². The molecule has 0 aliphatic carbocycles. The fourth-order valence-electron chi connectivity index (χ4n) is 2.72. The van der Waals surface area contributed by atoms with Crippen molar-refractivity contribution in [3.8, 4) is 11.5 Å². The number of carbonyl (C=O) groups is 1. The molecule has 1 saturated heterocycles. The van der Waals surface area contributed by atoms with Crippen LogP contribution in [-0.2, 0) is 0 Å². The van der Waals surface area contributed by atoms with Crippen molar-refractivity contribution in [1.82, 2.24) is 9.97 Å². The zero-order valence-corrected chi connectivity index (χ0v) is 14.3. The van der Waals surface area contributed by atoms with E-state index in [0.717, 1.165) is 31.7 Å². The van der Waals surface area contributed by atoms with Crippen molar-refractivity contribution in [2.45, 2.75) is 12.8 Å². The third-order valence-corrected chi connectivity index (χ3v) is 3.98. The molecule has 3 rings (SSSR count). The number of urea groups is 1. The maximum Gasteiger partial charge on any atom is 0.324 e. The SMILES string of the molecule is COc1ccc(OC)c(NC(=O)Nc2cc(N3CCCC3)ncn2)c1. The molecule has 0 bridgehead atoms. The van der Waals surface area contributed by atoms with E-state index < -0.39 is 6.03 Å². The first-order valence-electron chi connectivity index (χ1n) is 8.06. The Labute approximate surface area is 146 Å². The highest BCUT2D eigenvalue weighted by atomic mass is 16.5. The van der Waals surface area contributed by atoms with Crippen molar-refractivity contribution in [2.24, 2.45) is 0 Å². The number of benzene rings is 1. The van der Waals surface area contributed by atoms with E-state index in [1.54, 1.807) is 31.4 Å². The number of aromatic nitrogens is 2. The summed E-state index contributed by atoms with van der Waals surface area (Å²) >= 11 is 0. The summed E-state index contributed by atoms with van der Waals surface area (Å²) in [4.78, 5) is 22.8. The summed E-state index contributed by atoms with van der Waals surface area (Å²) in [6, 6.07) is 6.53. The number of carbonyl (C=O) groups excluding carboxylic acids is 1. The Morgan fingerprint density at radius 3 is 2.60 bits per heavy atom. The van der Waals surface area contributed by atoms with Crippen LogP contribution < -0.4 is 25.0 Å². The Morgan fingerprint density at radius 1 is 1.08 bits per heavy atom. The van der Waals surface area contributed by atoms with E-state index in [0.29, 0.717) is 23.0 Å². The highest BCUT2D eigenvalue weighted by molar-refractivity contribution is 6.00. The van der Waals surface area contributed by atoms with Gasteiger partial charge >= 0.3 is 6.03 Å². The van der Waals surface area contributed by atoms with Crippen LogP contribution in [0.5, 0.6) is 11.5 Å². The second-order valence-corrected chi connectivity index (χ2v) is 5.60. The molecule has 0 atom stereocenters. The smallest absolute Gasteiger partial charge is 0.324 e. The van der Waals surface area contributed by atoms with Crippen LogP contribution in [0.15, 0.2) is 30.6 Å². The van der Waals surface area contributed by atoms with E-state index in [1.165, 1.54) is 13.4 Å². The van der Waals surface area contributed by atoms with Gasteiger partial charge in [0.15, 0.2) is 0 Å². The van der Waals surface area contributed by atoms with Gasteiger partial charge in [0.2, 0.25) is 0 Å². The molecule has 0 radical (unpaired) electrons. The van der Waals surface area contributed by atoms with E-state index in [4.69, 9.17) is 9.47 Å². The van der Waals surface area contributed by atoms with Gasteiger partial charge in [-0.15, -0.1) is 0 Å². The van der Waals surface area contributed by atoms with Gasteiger partial charge in [0.1, 0.15) is 29.5 Å². The van der Waals surface area contributed by atoms with Crippen molar-refractivity contribution in [1.29, 1.82) is 0 Å². The van der Waals surface area contributed by atoms with Gasteiger partial charge in [-0.3, -0.25) is 5.32 Å². The van der Waals surface area contributed by atoms with Crippen molar-refractivity contribution in [3.63, 3.8) is 0 Å². The Bertz CT molecular complexity index is 747. The molecule has 8 heteroatoms. The molecule has 1 fully saturated rings. The predicted octanol–water partition coefficient (Wildman–Crippen LogP) is 2.74. The first kappa shape index (κ1) is 16.8. The summed E-state index contributed by atoms with van der Waals surface area (Å²) in [5.41, 5.74) is 0.508. The van der Waals surface area contributed by atoms with E-state index in [9.17, 15) is 4.79 Å². The minimum Gasteiger partial charge on any atom is -0.497 e. The van der Waals surface area contributed by atoms with Crippen molar-refractivity contribution in [3.05, 3.63) is 30.6 Å². The summed E-state index contributed by atoms with van der Waals surface area (Å²) in [6.07, 6.45) is 3.77. The number of anilines is 3. The fourth-order valence-corrected chi connectivity index (χ4v) is 2.72. The standard InChI is InChI=1S/C17H21N5O3/c1-24-12-5-6-14(25-2)13(9-12)20-17(23)21-15-10-16(19-11-18-15)22-7-3-4-8-22/h5-6,9-11H,3-4,7-8H2,1-2H3,(H2,18,19,20,21,23). The van der Waals surface area contributed by atoms with Gasteiger partial charge in [-0.05, 0) is 25.0 Å². The maximum absolute atomic E-state index is 12.3. The molecule has 1 aromatic carbocycles. The van der Waals surface area contributed by atoms with Gasteiger partial charge in [0.05, 0.1) is 19.9 Å². The minimum absolute atomic E-state index is 0.419. The van der Waals surface area contributed by atoms with Crippen LogP contribution in [-0.4, -0.2) is 43.3 Å². The highest BCUT2D eigenvalue weighted by Gasteiger charge is 2.15. The fraction of sp³-hybridized carbons (Fsp3) is 0.353. The molecule has 8 nitrogen and oxygen atoms in total. The van der Waals surface area contributed by atoms with Gasteiger partial charge in [-0.2, -0.15) is 0 Å². The molecule has 1 aliphatic heterocycles. The summed E-state index contributed by atoms with van der Waals surface area (Å²) in [5.74, 6) is 2.42. The number of rotatable bonds is 5. The minimum atomic E-state index is -0.419. The average Bonchev–Trinajstić information content (AvgIpc) is 3.16. The lowest BCUT2D eigenvalue weighted by Gasteiger charge is -2.16. The van der Waals surface area contributed by atoms with Crippen LogP contribution in [0, 0.1) is 0 Å². The lowest BCUT2D eigenvalue weighted by Crippen LogP contribution is -2.22. The molecule has 1 aliphatic rings. The Morgan fingerprint density at radius 2 is 1.88 bits per heavy atom. The molecule has 0 spiro atoms. The number of methoxy groups -OCH3 is 2. The first-order valence-corrected chi connectivity index (χ1v) is 8.06. The maximum atomic E-state index is 12.3. The number of nitrogens with zero attached hydrogens (tertiary/aromatic N) is 3. The van der Waals surface area contributed by atoms with Crippen molar-refractivity contribution >= 4 is 23.4 Å². The Kier molecular flexibility index (Phi) is 5.17. The Balaban J connectivity index is 1.69. The molecule has 0 unspecified atom stereocenters. The lowest BCUT2D eigenvalue weighted by molar-refractivity contribution is 0.262. The predicted molar refractivity (Wildman–Crippen MR) is 95.7 cm³/mol. The third kappa shape index (κ3) is 4.09. The van der Waals surface area contributed by atoms with E-state index in [2.05, 4.69) is 25.5 Å². The van der Waals surface area contributed by atoms with Crippen molar-refractivity contribution < 1.29 is 14.3 Å². The van der Waals surface area contributed by atoms with E-state index >= 15 is 0 Å². The number of hydrogen-bond donors (Lipinski definition) is 2. The molecular formula is C17H21N5O3. The van der Waals surface area contributed by atoms with Crippen molar-refractivity contribution in [2.75, 3.05) is 42.8 Å². The number of ether oxygens (including phenoxy) is 2. The third-order valence-electron chi connectivity index (χ3n) is 3.98. The average molecular weight is 343 g/mol. The topological polar surface area (TPSA) is 88.6 Å². The second kappa shape index (κ2) is 7.69. The lowest BCUT2D eigenvalue weighted by atomic mass is 10.2. The molecule has 25 heavy (non-hydrogen) atoms. The molecule has 2 aromatic rings. The van der Waals surface area contributed by atoms with Gasteiger partial charge < -0.3 is 19.7 Å². The molecule has 2 amide bonds. The van der Waals surface area contributed by atoms with Crippen LogP contribution in [0.4, 0.5) is 22.1 Å². The summed E-state index contributed by atoms with van der Waals surface area (Å²) in [6.45, 7) is 1.95. The first-order chi connectivity index (χ1) is 12.2. The Hall–Kier alpha value is -3.03. The quantitative estimate of drug-likeness (QED) is 0.868. The highest BCUT2D eigenvalue weighted by Crippen LogP contribution is 2.29. The largest absolute Gasteiger partial charge is 0.497 e. The zero-order chi connectivity index (χ0) is 17.6. The van der Waals surface area contributed by atoms with Gasteiger partial charge in [-0.25, -0.2) is 14.8 Å². The molecule has 0 saturated carbocycles. The molecule has 2 N–H and O–H groups in total. The monoisotopic (exact) mass is 343 g/mol.